The smallest absolute Gasteiger partial charge is 0.164 e. The molecule has 1 aromatic heterocycles. The highest BCUT2D eigenvalue weighted by Crippen LogP contribution is 2.29. The number of rotatable bonds is 4. The zero-order valence-electron chi connectivity index (χ0n) is 10.6. The summed E-state index contributed by atoms with van der Waals surface area (Å²) in [4.78, 5) is 2.41. The summed E-state index contributed by atoms with van der Waals surface area (Å²) in [5, 5.41) is 3.52. The zero-order valence-corrected chi connectivity index (χ0v) is 12.8. The maximum atomic E-state index is 5.54. The van der Waals surface area contributed by atoms with E-state index < -0.39 is 0 Å². The highest BCUT2D eigenvalue weighted by molar-refractivity contribution is 14.1. The van der Waals surface area contributed by atoms with Crippen LogP contribution in [0.4, 0.5) is 0 Å². The Bertz CT molecular complexity index is 356. The monoisotopic (exact) mass is 348 g/mol. The Morgan fingerprint density at radius 3 is 2.71 bits per heavy atom. The van der Waals surface area contributed by atoms with Crippen molar-refractivity contribution < 1.29 is 4.42 Å². The molecule has 2 heterocycles. The minimum atomic E-state index is 0.451. The lowest BCUT2D eigenvalue weighted by molar-refractivity contribution is 0.136. The topological polar surface area (TPSA) is 28.4 Å². The fraction of sp³-hybridized carbons (Fsp3) is 0.692. The van der Waals surface area contributed by atoms with E-state index in [0.29, 0.717) is 5.41 Å². The molecular formula is C13H21IN2O. The first-order chi connectivity index (χ1) is 8.07. The molecular weight excluding hydrogens is 327 g/mol. The largest absolute Gasteiger partial charge is 0.454 e. The van der Waals surface area contributed by atoms with E-state index in [1.807, 2.05) is 12.1 Å². The summed E-state index contributed by atoms with van der Waals surface area (Å²) >= 11 is 2.20. The minimum absolute atomic E-state index is 0.451. The van der Waals surface area contributed by atoms with E-state index in [1.165, 1.54) is 25.9 Å². The highest BCUT2D eigenvalue weighted by Gasteiger charge is 2.28. The van der Waals surface area contributed by atoms with Crippen LogP contribution in [0.1, 0.15) is 25.5 Å². The molecule has 4 heteroatoms. The molecule has 1 aliphatic rings. The van der Waals surface area contributed by atoms with Gasteiger partial charge in [-0.1, -0.05) is 6.92 Å². The predicted octanol–water partition coefficient (Wildman–Crippen LogP) is 2.71. The maximum absolute atomic E-state index is 5.54. The van der Waals surface area contributed by atoms with E-state index in [-0.39, 0.29) is 0 Å². The van der Waals surface area contributed by atoms with Crippen molar-refractivity contribution in [2.45, 2.75) is 26.3 Å². The van der Waals surface area contributed by atoms with Gasteiger partial charge in [0.25, 0.3) is 0 Å². The van der Waals surface area contributed by atoms with Crippen molar-refractivity contribution in [3.63, 3.8) is 0 Å². The number of hydrogen-bond donors (Lipinski definition) is 1. The van der Waals surface area contributed by atoms with Crippen LogP contribution in [0, 0.1) is 9.18 Å². The van der Waals surface area contributed by atoms with E-state index in [0.717, 1.165) is 22.6 Å². The van der Waals surface area contributed by atoms with Gasteiger partial charge in [0, 0.05) is 6.54 Å². The van der Waals surface area contributed by atoms with Gasteiger partial charge < -0.3 is 14.6 Å². The third-order valence-electron chi connectivity index (χ3n) is 3.67. The van der Waals surface area contributed by atoms with Crippen molar-refractivity contribution in [3.8, 4) is 0 Å². The van der Waals surface area contributed by atoms with Crippen molar-refractivity contribution in [1.82, 2.24) is 10.2 Å². The maximum Gasteiger partial charge on any atom is 0.164 e. The van der Waals surface area contributed by atoms with Crippen LogP contribution < -0.4 is 5.32 Å². The number of halogens is 1. The minimum Gasteiger partial charge on any atom is -0.454 e. The van der Waals surface area contributed by atoms with E-state index in [9.17, 15) is 0 Å². The lowest BCUT2D eigenvalue weighted by Crippen LogP contribution is -2.41. The van der Waals surface area contributed by atoms with Gasteiger partial charge in [-0.15, -0.1) is 0 Å². The van der Waals surface area contributed by atoms with E-state index in [1.54, 1.807) is 0 Å². The number of hydrogen-bond acceptors (Lipinski definition) is 3. The SMILES string of the molecule is CN1CCC(C)(CNCc2ccc(I)o2)CC1. The molecule has 1 fully saturated rings. The number of likely N-dealkylation sites (tertiary alicyclic amines) is 1. The summed E-state index contributed by atoms with van der Waals surface area (Å²) in [5.41, 5.74) is 0.451. The molecule has 0 saturated carbocycles. The van der Waals surface area contributed by atoms with Gasteiger partial charge >= 0.3 is 0 Å². The number of nitrogens with zero attached hydrogens (tertiary/aromatic N) is 1. The Kier molecular flexibility index (Phi) is 4.49. The third-order valence-corrected chi connectivity index (χ3v) is 4.25. The summed E-state index contributed by atoms with van der Waals surface area (Å²) in [7, 11) is 2.21. The fourth-order valence-corrected chi connectivity index (χ4v) is 2.73. The van der Waals surface area contributed by atoms with Crippen LogP contribution in [0.2, 0.25) is 0 Å². The van der Waals surface area contributed by atoms with Crippen LogP contribution in [0.15, 0.2) is 16.5 Å². The third kappa shape index (κ3) is 3.96. The number of piperidine rings is 1. The number of nitrogens with one attached hydrogen (secondary N) is 1. The van der Waals surface area contributed by atoms with Crippen molar-refractivity contribution in [1.29, 1.82) is 0 Å². The van der Waals surface area contributed by atoms with Gasteiger partial charge in [-0.3, -0.25) is 0 Å². The summed E-state index contributed by atoms with van der Waals surface area (Å²) in [6, 6.07) is 4.06. The van der Waals surface area contributed by atoms with Crippen LogP contribution in [0.25, 0.3) is 0 Å². The molecule has 0 unspecified atom stereocenters. The second-order valence-corrected chi connectivity index (χ2v) is 6.49. The average molecular weight is 348 g/mol. The van der Waals surface area contributed by atoms with Crippen LogP contribution in [-0.4, -0.2) is 31.6 Å². The first-order valence-corrected chi connectivity index (χ1v) is 7.29. The molecule has 0 atom stereocenters. The van der Waals surface area contributed by atoms with Gasteiger partial charge in [-0.2, -0.15) is 0 Å². The molecule has 0 amide bonds. The van der Waals surface area contributed by atoms with Gasteiger partial charge in [0.05, 0.1) is 6.54 Å². The summed E-state index contributed by atoms with van der Waals surface area (Å²) in [6.07, 6.45) is 2.57. The Labute approximate surface area is 117 Å². The lowest BCUT2D eigenvalue weighted by atomic mass is 9.80. The van der Waals surface area contributed by atoms with Gasteiger partial charge in [0.2, 0.25) is 0 Å². The van der Waals surface area contributed by atoms with E-state index in [2.05, 4.69) is 46.8 Å². The molecule has 17 heavy (non-hydrogen) atoms. The standard InChI is InChI=1S/C13H21IN2O/c1-13(5-7-16(2)8-6-13)10-15-9-11-3-4-12(14)17-11/h3-4,15H,5-10H2,1-2H3. The number of furan rings is 1. The van der Waals surface area contributed by atoms with Gasteiger partial charge in [0.1, 0.15) is 5.76 Å². The lowest BCUT2D eigenvalue weighted by Gasteiger charge is -2.38. The van der Waals surface area contributed by atoms with Crippen molar-refractivity contribution in [2.24, 2.45) is 5.41 Å². The Morgan fingerprint density at radius 1 is 1.41 bits per heavy atom. The summed E-state index contributed by atoms with van der Waals surface area (Å²) in [6.45, 7) is 6.75. The van der Waals surface area contributed by atoms with Crippen molar-refractivity contribution in [2.75, 3.05) is 26.7 Å². The molecule has 0 spiro atoms. The second-order valence-electron chi connectivity index (χ2n) is 5.42. The van der Waals surface area contributed by atoms with Gasteiger partial charge in [-0.25, -0.2) is 0 Å². The molecule has 1 N–H and O–H groups in total. The molecule has 1 aliphatic heterocycles. The molecule has 96 valence electrons. The Morgan fingerprint density at radius 2 is 2.12 bits per heavy atom. The second kappa shape index (κ2) is 5.71. The first-order valence-electron chi connectivity index (χ1n) is 6.21. The molecule has 1 aromatic rings. The van der Waals surface area contributed by atoms with Crippen LogP contribution in [0.3, 0.4) is 0 Å². The van der Waals surface area contributed by atoms with Gasteiger partial charge in [-0.05, 0) is 73.1 Å². The molecule has 3 nitrogen and oxygen atoms in total. The summed E-state index contributed by atoms with van der Waals surface area (Å²) in [5.74, 6) is 1.03. The van der Waals surface area contributed by atoms with Crippen LogP contribution >= 0.6 is 22.6 Å². The molecule has 2 rings (SSSR count). The molecule has 0 aliphatic carbocycles. The quantitative estimate of drug-likeness (QED) is 0.849. The van der Waals surface area contributed by atoms with Crippen LogP contribution in [0.5, 0.6) is 0 Å². The Balaban J connectivity index is 1.74. The van der Waals surface area contributed by atoms with Crippen LogP contribution in [-0.2, 0) is 6.54 Å². The molecule has 0 bridgehead atoms. The average Bonchev–Trinajstić information content (AvgIpc) is 2.69. The molecule has 0 radical (unpaired) electrons. The highest BCUT2D eigenvalue weighted by atomic mass is 127. The van der Waals surface area contributed by atoms with E-state index in [4.69, 9.17) is 4.42 Å². The Hall–Kier alpha value is -0.0700. The predicted molar refractivity (Wildman–Crippen MR) is 78.0 cm³/mol. The van der Waals surface area contributed by atoms with Crippen molar-refractivity contribution in [3.05, 3.63) is 21.7 Å². The molecule has 0 aromatic carbocycles. The van der Waals surface area contributed by atoms with Gasteiger partial charge in [0.15, 0.2) is 3.77 Å². The zero-order chi connectivity index (χ0) is 12.3. The van der Waals surface area contributed by atoms with E-state index >= 15 is 0 Å². The normalized spacial score (nSPS) is 20.6. The van der Waals surface area contributed by atoms with Crippen molar-refractivity contribution >= 4 is 22.6 Å². The molecule has 1 saturated heterocycles. The summed E-state index contributed by atoms with van der Waals surface area (Å²) < 4.78 is 6.50. The first kappa shape index (κ1) is 13.4. The fourth-order valence-electron chi connectivity index (χ4n) is 2.27.